The van der Waals surface area contributed by atoms with E-state index in [1.807, 2.05) is 0 Å². The maximum absolute atomic E-state index is 11.5. The highest BCUT2D eigenvalue weighted by atomic mass is 19.4. The van der Waals surface area contributed by atoms with Gasteiger partial charge in [0.25, 0.3) is 6.47 Å². The summed E-state index contributed by atoms with van der Waals surface area (Å²) in [5.41, 5.74) is -1.07. The second-order valence-electron chi connectivity index (χ2n) is 1.51. The molecular weight excluding hydrogens is 149 g/mol. The van der Waals surface area contributed by atoms with Gasteiger partial charge >= 0.3 is 6.18 Å². The van der Waals surface area contributed by atoms with Gasteiger partial charge in [-0.3, -0.25) is 4.79 Å². The minimum atomic E-state index is -4.47. The fourth-order valence-corrected chi connectivity index (χ4v) is 0.216. The van der Waals surface area contributed by atoms with E-state index in [4.69, 9.17) is 0 Å². The highest BCUT2D eigenvalue weighted by molar-refractivity contribution is 5.37. The van der Waals surface area contributed by atoms with Gasteiger partial charge in [-0.1, -0.05) is 6.58 Å². The molecule has 0 radical (unpaired) electrons. The second-order valence-corrected chi connectivity index (χ2v) is 1.51. The van der Waals surface area contributed by atoms with Crippen LogP contribution < -0.4 is 0 Å². The molecule has 0 atom stereocenters. The quantitative estimate of drug-likeness (QED) is 0.452. The van der Waals surface area contributed by atoms with Gasteiger partial charge in [0.05, 0.1) is 5.57 Å². The molecular formula is C5H5F3O2. The van der Waals surface area contributed by atoms with Crippen LogP contribution in [-0.4, -0.2) is 19.3 Å². The van der Waals surface area contributed by atoms with Crippen LogP contribution in [0.3, 0.4) is 0 Å². The normalized spacial score (nSPS) is 10.7. The zero-order valence-electron chi connectivity index (χ0n) is 4.94. The van der Waals surface area contributed by atoms with Gasteiger partial charge in [0.1, 0.15) is 6.61 Å². The standard InChI is InChI=1S/C5H5F3O2/c1-4(2-10-3-9)5(6,7)8/h3H,1-2H2. The molecule has 0 aromatic rings. The topological polar surface area (TPSA) is 26.3 Å². The molecule has 0 aliphatic rings. The highest BCUT2D eigenvalue weighted by Crippen LogP contribution is 2.23. The number of rotatable bonds is 3. The van der Waals surface area contributed by atoms with E-state index in [-0.39, 0.29) is 6.47 Å². The van der Waals surface area contributed by atoms with Crippen LogP contribution in [0.1, 0.15) is 0 Å². The van der Waals surface area contributed by atoms with Crippen LogP contribution >= 0.6 is 0 Å². The van der Waals surface area contributed by atoms with Crippen molar-refractivity contribution in [1.29, 1.82) is 0 Å². The Morgan fingerprint density at radius 3 is 2.40 bits per heavy atom. The van der Waals surface area contributed by atoms with Crippen LogP contribution in [0.15, 0.2) is 12.2 Å². The minimum absolute atomic E-state index is 0.0586. The fraction of sp³-hybridized carbons (Fsp3) is 0.400. The van der Waals surface area contributed by atoms with Crippen LogP contribution in [0, 0.1) is 0 Å². The van der Waals surface area contributed by atoms with E-state index in [0.29, 0.717) is 0 Å². The predicted molar refractivity (Wildman–Crippen MR) is 27.2 cm³/mol. The zero-order chi connectivity index (χ0) is 8.20. The lowest BCUT2D eigenvalue weighted by atomic mass is 10.3. The minimum Gasteiger partial charge on any atom is -0.463 e. The van der Waals surface area contributed by atoms with Crippen molar-refractivity contribution in [3.8, 4) is 0 Å². The van der Waals surface area contributed by atoms with E-state index in [1.165, 1.54) is 0 Å². The average molecular weight is 154 g/mol. The smallest absolute Gasteiger partial charge is 0.415 e. The van der Waals surface area contributed by atoms with Crippen molar-refractivity contribution in [3.63, 3.8) is 0 Å². The van der Waals surface area contributed by atoms with Crippen molar-refractivity contribution >= 4 is 6.47 Å². The zero-order valence-corrected chi connectivity index (χ0v) is 4.94. The van der Waals surface area contributed by atoms with Crippen LogP contribution in [-0.2, 0) is 9.53 Å². The van der Waals surface area contributed by atoms with Crippen LogP contribution in [0.25, 0.3) is 0 Å². The molecule has 0 aromatic carbocycles. The van der Waals surface area contributed by atoms with Crippen molar-refractivity contribution < 1.29 is 22.7 Å². The van der Waals surface area contributed by atoms with Crippen LogP contribution in [0.5, 0.6) is 0 Å². The summed E-state index contributed by atoms with van der Waals surface area (Å²) in [7, 11) is 0. The molecule has 0 rings (SSSR count). The largest absolute Gasteiger partial charge is 0.463 e. The Bertz CT molecular complexity index is 138. The van der Waals surface area contributed by atoms with Gasteiger partial charge in [0, 0.05) is 0 Å². The van der Waals surface area contributed by atoms with Crippen molar-refractivity contribution in [2.75, 3.05) is 6.61 Å². The molecule has 0 bridgehead atoms. The summed E-state index contributed by atoms with van der Waals surface area (Å²) in [6, 6.07) is 0. The molecule has 0 N–H and O–H groups in total. The molecule has 0 aliphatic carbocycles. The van der Waals surface area contributed by atoms with E-state index in [1.54, 1.807) is 0 Å². The van der Waals surface area contributed by atoms with Gasteiger partial charge in [-0.15, -0.1) is 0 Å². The molecule has 0 aliphatic heterocycles. The van der Waals surface area contributed by atoms with E-state index >= 15 is 0 Å². The molecule has 2 nitrogen and oxygen atoms in total. The summed E-state index contributed by atoms with van der Waals surface area (Å²) in [4.78, 5) is 9.41. The lowest BCUT2D eigenvalue weighted by Crippen LogP contribution is -2.15. The number of hydrogen-bond donors (Lipinski definition) is 0. The van der Waals surface area contributed by atoms with Gasteiger partial charge in [-0.2, -0.15) is 13.2 Å². The molecule has 0 unspecified atom stereocenters. The van der Waals surface area contributed by atoms with Crippen molar-refractivity contribution in [3.05, 3.63) is 12.2 Å². The maximum atomic E-state index is 11.5. The Balaban J connectivity index is 3.74. The Labute approximate surface area is 55.3 Å². The highest BCUT2D eigenvalue weighted by Gasteiger charge is 2.31. The van der Waals surface area contributed by atoms with Gasteiger partial charge < -0.3 is 4.74 Å². The summed E-state index contributed by atoms with van der Waals surface area (Å²) in [6.45, 7) is 1.80. The molecule has 0 heterocycles. The van der Waals surface area contributed by atoms with E-state index in [9.17, 15) is 18.0 Å². The van der Waals surface area contributed by atoms with E-state index in [0.717, 1.165) is 0 Å². The Hall–Kier alpha value is -1.00. The lowest BCUT2D eigenvalue weighted by Gasteiger charge is -2.07. The number of halogens is 3. The summed E-state index contributed by atoms with van der Waals surface area (Å²) in [5.74, 6) is 0. The van der Waals surface area contributed by atoms with Crippen molar-refractivity contribution in [1.82, 2.24) is 0 Å². The number of carbonyl (C=O) groups excluding carboxylic acids is 1. The van der Waals surface area contributed by atoms with Gasteiger partial charge in [-0.05, 0) is 0 Å². The average Bonchev–Trinajstić information content (AvgIpc) is 1.80. The molecule has 10 heavy (non-hydrogen) atoms. The Kier molecular flexibility index (Phi) is 2.92. The molecule has 0 amide bonds. The molecule has 0 aromatic heterocycles. The first kappa shape index (κ1) is 9.00. The van der Waals surface area contributed by atoms with Crippen LogP contribution in [0.2, 0.25) is 0 Å². The van der Waals surface area contributed by atoms with Gasteiger partial charge in [0.15, 0.2) is 0 Å². The SMILES string of the molecule is C=C(COC=O)C(F)(F)F. The number of alkyl halides is 3. The molecule has 0 fully saturated rings. The first-order valence-electron chi connectivity index (χ1n) is 2.28. The molecule has 0 spiro atoms. The van der Waals surface area contributed by atoms with Crippen molar-refractivity contribution in [2.45, 2.75) is 6.18 Å². The summed E-state index contributed by atoms with van der Waals surface area (Å²) >= 11 is 0. The summed E-state index contributed by atoms with van der Waals surface area (Å²) in [5, 5.41) is 0. The molecule has 0 saturated carbocycles. The third kappa shape index (κ3) is 3.11. The second kappa shape index (κ2) is 3.24. The maximum Gasteiger partial charge on any atom is 0.415 e. The fourth-order valence-electron chi connectivity index (χ4n) is 0.216. The summed E-state index contributed by atoms with van der Waals surface area (Å²) in [6.07, 6.45) is -4.47. The first-order valence-corrected chi connectivity index (χ1v) is 2.28. The van der Waals surface area contributed by atoms with E-state index < -0.39 is 18.4 Å². The predicted octanol–water partition coefficient (Wildman–Crippen LogP) is 1.28. The molecule has 58 valence electrons. The van der Waals surface area contributed by atoms with E-state index in [2.05, 4.69) is 11.3 Å². The number of ether oxygens (including phenoxy) is 1. The monoisotopic (exact) mass is 154 g/mol. The van der Waals surface area contributed by atoms with Crippen LogP contribution in [0.4, 0.5) is 13.2 Å². The number of carbonyl (C=O) groups is 1. The van der Waals surface area contributed by atoms with Gasteiger partial charge in [0.2, 0.25) is 0 Å². The third-order valence-corrected chi connectivity index (χ3v) is 0.726. The lowest BCUT2D eigenvalue weighted by molar-refractivity contribution is -0.131. The summed E-state index contributed by atoms with van der Waals surface area (Å²) < 4.78 is 38.3. The van der Waals surface area contributed by atoms with Crippen molar-refractivity contribution in [2.24, 2.45) is 0 Å². The van der Waals surface area contributed by atoms with Gasteiger partial charge in [-0.25, -0.2) is 0 Å². The Morgan fingerprint density at radius 1 is 1.60 bits per heavy atom. The molecule has 0 saturated heterocycles. The number of hydrogen-bond acceptors (Lipinski definition) is 2. The first-order chi connectivity index (χ1) is 4.48. The Morgan fingerprint density at radius 2 is 2.10 bits per heavy atom. The molecule has 5 heteroatoms. The third-order valence-electron chi connectivity index (χ3n) is 0.726.